The summed E-state index contributed by atoms with van der Waals surface area (Å²) in [5.41, 5.74) is 0.788. The summed E-state index contributed by atoms with van der Waals surface area (Å²) in [6, 6.07) is 16.0. The number of hydrogen-bond acceptors (Lipinski definition) is 5. The van der Waals surface area contributed by atoms with Crippen LogP contribution in [-0.2, 0) is 14.3 Å². The maximum absolute atomic E-state index is 12.4. The lowest BCUT2D eigenvalue weighted by Crippen LogP contribution is -2.43. The molecule has 2 aromatic carbocycles. The molecule has 0 aromatic heterocycles. The molecule has 2 aromatic rings. The van der Waals surface area contributed by atoms with Gasteiger partial charge in [-0.25, -0.2) is 4.79 Å². The fraction of sp³-hybridized carbons (Fsp3) is 0.200. The van der Waals surface area contributed by atoms with E-state index < -0.39 is 36.5 Å². The maximum atomic E-state index is 12.4. The van der Waals surface area contributed by atoms with Crippen LogP contribution in [0.25, 0.3) is 0 Å². The van der Waals surface area contributed by atoms with Gasteiger partial charge in [0.25, 0.3) is 11.8 Å². The van der Waals surface area contributed by atoms with Gasteiger partial charge in [0.15, 0.2) is 0 Å². The lowest BCUT2D eigenvalue weighted by atomic mass is 10.1. The molecule has 146 valence electrons. The van der Waals surface area contributed by atoms with Gasteiger partial charge in [-0.2, -0.15) is 0 Å². The summed E-state index contributed by atoms with van der Waals surface area (Å²) in [5.74, 6) is -2.05. The highest BCUT2D eigenvalue weighted by molar-refractivity contribution is 5.98. The summed E-state index contributed by atoms with van der Waals surface area (Å²) in [6.45, 7) is 1.61. The fourth-order valence-corrected chi connectivity index (χ4v) is 2.30. The molecule has 1 atom stereocenters. The van der Waals surface area contributed by atoms with E-state index in [2.05, 4.69) is 16.0 Å². The number of carbonyl (C=O) groups excluding carboxylic acids is 4. The van der Waals surface area contributed by atoms with Gasteiger partial charge in [-0.3, -0.25) is 19.7 Å². The quantitative estimate of drug-likeness (QED) is 0.628. The number of rotatable bonds is 7. The van der Waals surface area contributed by atoms with Gasteiger partial charge < -0.3 is 15.4 Å². The maximum Gasteiger partial charge on any atom is 0.326 e. The van der Waals surface area contributed by atoms with E-state index in [9.17, 15) is 19.2 Å². The van der Waals surface area contributed by atoms with Crippen molar-refractivity contribution in [3.8, 4) is 0 Å². The van der Waals surface area contributed by atoms with Gasteiger partial charge in [-0.05, 0) is 19.1 Å². The molecule has 0 saturated heterocycles. The Hall–Kier alpha value is -3.68. The second-order valence-electron chi connectivity index (χ2n) is 5.68. The molecular formula is C20H21N3O5. The number of amides is 4. The number of benzene rings is 2. The zero-order valence-electron chi connectivity index (χ0n) is 15.3. The number of ether oxygens (including phenoxy) is 1. The number of carbonyl (C=O) groups is 4. The number of imide groups is 1. The molecule has 8 nitrogen and oxygen atoms in total. The number of nitrogens with one attached hydrogen (secondary N) is 3. The van der Waals surface area contributed by atoms with E-state index in [-0.39, 0.29) is 0 Å². The predicted molar refractivity (Wildman–Crippen MR) is 101 cm³/mol. The molecule has 0 radical (unpaired) electrons. The Bertz CT molecular complexity index is 824. The minimum Gasteiger partial charge on any atom is -0.446 e. The Balaban J connectivity index is 2.01. The monoisotopic (exact) mass is 383 g/mol. The Kier molecular flexibility index (Phi) is 7.71. The van der Waals surface area contributed by atoms with Gasteiger partial charge in [0.05, 0.1) is 0 Å². The van der Waals surface area contributed by atoms with Crippen molar-refractivity contribution in [1.82, 2.24) is 16.0 Å². The molecular weight excluding hydrogens is 362 g/mol. The molecule has 2 rings (SSSR count). The lowest BCUT2D eigenvalue weighted by molar-refractivity contribution is -0.155. The summed E-state index contributed by atoms with van der Waals surface area (Å²) in [5, 5.41) is 6.98. The van der Waals surface area contributed by atoms with E-state index in [4.69, 9.17) is 4.74 Å². The summed E-state index contributed by atoms with van der Waals surface area (Å²) < 4.78 is 5.22. The molecule has 0 fully saturated rings. The predicted octanol–water partition coefficient (Wildman–Crippen LogP) is 1.55. The Morgan fingerprint density at radius 1 is 0.893 bits per heavy atom. The van der Waals surface area contributed by atoms with Crippen LogP contribution < -0.4 is 16.0 Å². The molecule has 4 amide bonds. The SMILES string of the molecule is CCNC(=O)NC(=O)C(OC(=O)CNC(=O)c1ccccc1)c1ccccc1. The molecule has 0 aliphatic rings. The third kappa shape index (κ3) is 6.24. The zero-order chi connectivity index (χ0) is 20.4. The van der Waals surface area contributed by atoms with E-state index in [0.29, 0.717) is 17.7 Å². The molecule has 0 heterocycles. The van der Waals surface area contributed by atoms with Crippen LogP contribution in [0.2, 0.25) is 0 Å². The molecule has 0 saturated carbocycles. The van der Waals surface area contributed by atoms with Crippen molar-refractivity contribution in [2.24, 2.45) is 0 Å². The van der Waals surface area contributed by atoms with Crippen LogP contribution in [0.1, 0.15) is 28.9 Å². The molecule has 8 heteroatoms. The van der Waals surface area contributed by atoms with Gasteiger partial charge in [0.1, 0.15) is 6.54 Å². The highest BCUT2D eigenvalue weighted by Gasteiger charge is 2.26. The first-order valence-electron chi connectivity index (χ1n) is 8.67. The van der Waals surface area contributed by atoms with Crippen LogP contribution in [0.15, 0.2) is 60.7 Å². The van der Waals surface area contributed by atoms with Crippen molar-refractivity contribution < 1.29 is 23.9 Å². The number of hydrogen-bond donors (Lipinski definition) is 3. The molecule has 28 heavy (non-hydrogen) atoms. The Labute approximate surface area is 162 Å². The number of esters is 1. The van der Waals surface area contributed by atoms with Crippen LogP contribution in [0.5, 0.6) is 0 Å². The van der Waals surface area contributed by atoms with Gasteiger partial charge >= 0.3 is 12.0 Å². The average Bonchev–Trinajstić information content (AvgIpc) is 2.71. The topological polar surface area (TPSA) is 114 Å². The van der Waals surface area contributed by atoms with Gasteiger partial charge in [-0.15, -0.1) is 0 Å². The van der Waals surface area contributed by atoms with Crippen LogP contribution in [0, 0.1) is 0 Å². The third-order valence-corrected chi connectivity index (χ3v) is 3.59. The van der Waals surface area contributed by atoms with Crippen LogP contribution in [0.4, 0.5) is 4.79 Å². The standard InChI is InChI=1S/C20H21N3O5/c1-2-21-20(27)23-19(26)17(14-9-5-3-6-10-14)28-16(24)13-22-18(25)15-11-7-4-8-12-15/h3-12,17H,2,13H2,1H3,(H,22,25)(H2,21,23,26,27). The van der Waals surface area contributed by atoms with Crippen LogP contribution in [-0.4, -0.2) is 36.9 Å². The minimum atomic E-state index is -1.33. The second kappa shape index (κ2) is 10.5. The molecule has 1 unspecified atom stereocenters. The summed E-state index contributed by atoms with van der Waals surface area (Å²) in [7, 11) is 0. The fourth-order valence-electron chi connectivity index (χ4n) is 2.30. The van der Waals surface area contributed by atoms with Crippen molar-refractivity contribution in [3.63, 3.8) is 0 Å². The highest BCUT2D eigenvalue weighted by Crippen LogP contribution is 2.17. The van der Waals surface area contributed by atoms with E-state index in [0.717, 1.165) is 0 Å². The Morgan fingerprint density at radius 3 is 2.11 bits per heavy atom. The summed E-state index contributed by atoms with van der Waals surface area (Å²) in [4.78, 5) is 48.2. The normalized spacial score (nSPS) is 11.0. The first kappa shape index (κ1) is 20.6. The molecule has 0 bridgehead atoms. The molecule has 0 aliphatic carbocycles. The zero-order valence-corrected chi connectivity index (χ0v) is 15.3. The van der Waals surface area contributed by atoms with Crippen molar-refractivity contribution in [3.05, 3.63) is 71.8 Å². The van der Waals surface area contributed by atoms with Crippen LogP contribution in [0.3, 0.4) is 0 Å². The average molecular weight is 383 g/mol. The Morgan fingerprint density at radius 2 is 1.50 bits per heavy atom. The van der Waals surface area contributed by atoms with Crippen LogP contribution >= 0.6 is 0 Å². The van der Waals surface area contributed by atoms with E-state index in [1.54, 1.807) is 67.6 Å². The smallest absolute Gasteiger partial charge is 0.326 e. The molecule has 3 N–H and O–H groups in total. The van der Waals surface area contributed by atoms with Gasteiger partial charge in [-0.1, -0.05) is 48.5 Å². The van der Waals surface area contributed by atoms with E-state index in [1.807, 2.05) is 0 Å². The second-order valence-corrected chi connectivity index (χ2v) is 5.68. The lowest BCUT2D eigenvalue weighted by Gasteiger charge is -2.18. The van der Waals surface area contributed by atoms with Crippen molar-refractivity contribution in [1.29, 1.82) is 0 Å². The largest absolute Gasteiger partial charge is 0.446 e. The van der Waals surface area contributed by atoms with E-state index >= 15 is 0 Å². The minimum absolute atomic E-state index is 0.334. The van der Waals surface area contributed by atoms with Gasteiger partial charge in [0, 0.05) is 17.7 Å². The van der Waals surface area contributed by atoms with Crippen molar-refractivity contribution >= 4 is 23.8 Å². The highest BCUT2D eigenvalue weighted by atomic mass is 16.5. The summed E-state index contributed by atoms with van der Waals surface area (Å²) >= 11 is 0. The third-order valence-electron chi connectivity index (χ3n) is 3.59. The van der Waals surface area contributed by atoms with Gasteiger partial charge in [0.2, 0.25) is 6.10 Å². The molecule has 0 spiro atoms. The van der Waals surface area contributed by atoms with Crippen molar-refractivity contribution in [2.75, 3.05) is 13.1 Å². The summed E-state index contributed by atoms with van der Waals surface area (Å²) in [6.07, 6.45) is -1.33. The van der Waals surface area contributed by atoms with E-state index in [1.165, 1.54) is 0 Å². The van der Waals surface area contributed by atoms with Crippen molar-refractivity contribution in [2.45, 2.75) is 13.0 Å². The molecule has 0 aliphatic heterocycles. The first-order valence-corrected chi connectivity index (χ1v) is 8.67. The number of urea groups is 1. The first-order chi connectivity index (χ1) is 13.5.